The maximum Gasteiger partial charge on any atom is 0.346 e. The molecular weight excluding hydrogens is 387 g/mol. The van der Waals surface area contributed by atoms with E-state index in [9.17, 15) is 4.79 Å². The van der Waals surface area contributed by atoms with Gasteiger partial charge >= 0.3 is 5.69 Å². The molecule has 0 amide bonds. The number of rotatable bonds is 5. The molecule has 0 bridgehead atoms. The molecule has 4 rings (SSSR count). The topological polar surface area (TPSA) is 61.1 Å². The van der Waals surface area contributed by atoms with Gasteiger partial charge in [-0.2, -0.15) is 5.10 Å². The lowest BCUT2D eigenvalue weighted by Gasteiger charge is -2.22. The molecule has 8 heteroatoms. The lowest BCUT2D eigenvalue weighted by Crippen LogP contribution is -2.36. The van der Waals surface area contributed by atoms with E-state index in [2.05, 4.69) is 17.0 Å². The number of ether oxygens (including phenoxy) is 1. The summed E-state index contributed by atoms with van der Waals surface area (Å²) in [6, 6.07) is 3.42. The van der Waals surface area contributed by atoms with E-state index < -0.39 is 0 Å². The number of hydrogen-bond donors (Lipinski definition) is 1. The SMILES string of the molecule is C=CCOc1ccc(Cl)c(Cl)c1C1CCc2nn(C3CCNCC3)c(=O)n21. The summed E-state index contributed by atoms with van der Waals surface area (Å²) in [6.07, 6.45) is 4.96. The fourth-order valence-corrected chi connectivity index (χ4v) is 4.46. The maximum absolute atomic E-state index is 13.2. The standard InChI is InChI=1S/C19H22Cl2N4O2/c1-2-11-27-15-5-3-13(20)18(21)17(15)14-4-6-16-23-25(19(26)24(14)16)12-7-9-22-10-8-12/h2-3,5,12,14,22H,1,4,6-11H2. The Bertz CT molecular complexity index is 915. The van der Waals surface area contributed by atoms with E-state index >= 15 is 0 Å². The van der Waals surface area contributed by atoms with Gasteiger partial charge in [-0.05, 0) is 44.5 Å². The molecule has 0 saturated carbocycles. The molecule has 1 fully saturated rings. The Morgan fingerprint density at radius 1 is 1.30 bits per heavy atom. The van der Waals surface area contributed by atoms with Gasteiger partial charge in [0, 0.05) is 12.0 Å². The monoisotopic (exact) mass is 408 g/mol. The van der Waals surface area contributed by atoms with Gasteiger partial charge in [-0.15, -0.1) is 0 Å². The van der Waals surface area contributed by atoms with Crippen molar-refractivity contribution < 1.29 is 4.74 Å². The molecule has 1 aromatic heterocycles. The molecule has 2 aliphatic heterocycles. The number of nitrogens with zero attached hydrogens (tertiary/aromatic N) is 3. The van der Waals surface area contributed by atoms with Crippen molar-refractivity contribution in [2.24, 2.45) is 0 Å². The van der Waals surface area contributed by atoms with Crippen molar-refractivity contribution >= 4 is 23.2 Å². The minimum absolute atomic E-state index is 0.0786. The Morgan fingerprint density at radius 3 is 2.81 bits per heavy atom. The van der Waals surface area contributed by atoms with E-state index in [-0.39, 0.29) is 17.8 Å². The number of aryl methyl sites for hydroxylation is 1. The van der Waals surface area contributed by atoms with Gasteiger partial charge < -0.3 is 10.1 Å². The van der Waals surface area contributed by atoms with Crippen LogP contribution < -0.4 is 15.7 Å². The molecule has 0 spiro atoms. The molecule has 0 radical (unpaired) electrons. The summed E-state index contributed by atoms with van der Waals surface area (Å²) < 4.78 is 9.22. The summed E-state index contributed by atoms with van der Waals surface area (Å²) in [5.41, 5.74) is 0.668. The van der Waals surface area contributed by atoms with Crippen LogP contribution in [0.15, 0.2) is 29.6 Å². The summed E-state index contributed by atoms with van der Waals surface area (Å²) in [6.45, 7) is 5.86. The first-order valence-electron chi connectivity index (χ1n) is 9.24. The molecule has 1 N–H and O–H groups in total. The zero-order valence-electron chi connectivity index (χ0n) is 15.0. The first kappa shape index (κ1) is 18.6. The molecule has 2 aromatic rings. The largest absolute Gasteiger partial charge is 0.489 e. The highest BCUT2D eigenvalue weighted by atomic mass is 35.5. The van der Waals surface area contributed by atoms with Gasteiger partial charge in [0.05, 0.1) is 22.1 Å². The highest BCUT2D eigenvalue weighted by molar-refractivity contribution is 6.42. The molecule has 2 aliphatic rings. The summed E-state index contributed by atoms with van der Waals surface area (Å²) in [4.78, 5) is 13.2. The van der Waals surface area contributed by atoms with Crippen LogP contribution in [-0.4, -0.2) is 34.0 Å². The van der Waals surface area contributed by atoms with Gasteiger partial charge in [0.25, 0.3) is 0 Å². The number of piperidine rings is 1. The summed E-state index contributed by atoms with van der Waals surface area (Å²) in [5.74, 6) is 1.43. The summed E-state index contributed by atoms with van der Waals surface area (Å²) in [5, 5.41) is 8.84. The highest BCUT2D eigenvalue weighted by Gasteiger charge is 2.34. The summed E-state index contributed by atoms with van der Waals surface area (Å²) in [7, 11) is 0. The number of halogens is 2. The molecule has 27 heavy (non-hydrogen) atoms. The summed E-state index contributed by atoms with van der Waals surface area (Å²) >= 11 is 12.8. The molecule has 3 heterocycles. The van der Waals surface area contributed by atoms with E-state index in [0.29, 0.717) is 22.4 Å². The van der Waals surface area contributed by atoms with Gasteiger partial charge in [-0.25, -0.2) is 9.48 Å². The molecule has 1 atom stereocenters. The Balaban J connectivity index is 1.77. The van der Waals surface area contributed by atoms with Crippen molar-refractivity contribution in [2.75, 3.05) is 19.7 Å². The fraction of sp³-hybridized carbons (Fsp3) is 0.474. The molecule has 1 unspecified atom stereocenters. The second-order valence-electron chi connectivity index (χ2n) is 6.92. The van der Waals surface area contributed by atoms with E-state index in [1.54, 1.807) is 27.5 Å². The van der Waals surface area contributed by atoms with Crippen LogP contribution in [0.4, 0.5) is 0 Å². The highest BCUT2D eigenvalue weighted by Crippen LogP contribution is 2.42. The zero-order chi connectivity index (χ0) is 19.0. The second kappa shape index (κ2) is 7.70. The molecule has 144 valence electrons. The molecule has 1 aromatic carbocycles. The van der Waals surface area contributed by atoms with Crippen LogP contribution in [-0.2, 0) is 6.42 Å². The quantitative estimate of drug-likeness (QED) is 0.770. The zero-order valence-corrected chi connectivity index (χ0v) is 16.5. The van der Waals surface area contributed by atoms with Crippen LogP contribution in [0.2, 0.25) is 10.0 Å². The van der Waals surface area contributed by atoms with Crippen molar-refractivity contribution in [3.8, 4) is 5.75 Å². The lowest BCUT2D eigenvalue weighted by atomic mass is 10.0. The molecule has 1 saturated heterocycles. The van der Waals surface area contributed by atoms with Gasteiger partial charge in [-0.1, -0.05) is 35.9 Å². The average molecular weight is 409 g/mol. The number of benzene rings is 1. The first-order chi connectivity index (χ1) is 13.1. The number of hydrogen-bond acceptors (Lipinski definition) is 4. The van der Waals surface area contributed by atoms with Crippen LogP contribution in [0.3, 0.4) is 0 Å². The van der Waals surface area contributed by atoms with E-state index in [1.807, 2.05) is 0 Å². The van der Waals surface area contributed by atoms with Crippen molar-refractivity contribution in [1.82, 2.24) is 19.7 Å². The second-order valence-corrected chi connectivity index (χ2v) is 7.71. The number of aromatic nitrogens is 3. The molecule has 6 nitrogen and oxygen atoms in total. The number of fused-ring (bicyclic) bond motifs is 1. The van der Waals surface area contributed by atoms with E-state index in [4.69, 9.17) is 27.9 Å². The third-order valence-electron chi connectivity index (χ3n) is 5.29. The van der Waals surface area contributed by atoms with Crippen molar-refractivity contribution in [1.29, 1.82) is 0 Å². The van der Waals surface area contributed by atoms with Crippen LogP contribution in [0.25, 0.3) is 0 Å². The van der Waals surface area contributed by atoms with Crippen molar-refractivity contribution in [3.05, 3.63) is 56.7 Å². The van der Waals surface area contributed by atoms with Gasteiger partial charge in [0.15, 0.2) is 0 Å². The van der Waals surface area contributed by atoms with Crippen LogP contribution in [0, 0.1) is 0 Å². The Morgan fingerprint density at radius 2 is 2.07 bits per heavy atom. The fourth-order valence-electron chi connectivity index (χ4n) is 4.01. The van der Waals surface area contributed by atoms with Crippen LogP contribution in [0.1, 0.15) is 42.7 Å². The van der Waals surface area contributed by atoms with E-state index in [0.717, 1.165) is 50.2 Å². The predicted octanol–water partition coefficient (Wildman–Crippen LogP) is 3.38. The first-order valence-corrected chi connectivity index (χ1v) is 9.99. The molecular formula is C19H22Cl2N4O2. The Kier molecular flexibility index (Phi) is 5.30. The predicted molar refractivity (Wildman–Crippen MR) is 106 cm³/mol. The maximum atomic E-state index is 13.2. The lowest BCUT2D eigenvalue weighted by molar-refractivity contribution is 0.328. The third kappa shape index (κ3) is 3.30. The minimum atomic E-state index is -0.228. The Labute approximate surface area is 167 Å². The Hall–Kier alpha value is -1.76. The van der Waals surface area contributed by atoms with Gasteiger partial charge in [0.2, 0.25) is 0 Å². The number of nitrogens with one attached hydrogen (secondary N) is 1. The minimum Gasteiger partial charge on any atom is -0.489 e. The normalized spacial score (nSPS) is 19.9. The third-order valence-corrected chi connectivity index (χ3v) is 6.11. The van der Waals surface area contributed by atoms with Crippen LogP contribution >= 0.6 is 23.2 Å². The van der Waals surface area contributed by atoms with Crippen molar-refractivity contribution in [3.63, 3.8) is 0 Å². The van der Waals surface area contributed by atoms with Gasteiger partial charge in [0.1, 0.15) is 18.2 Å². The van der Waals surface area contributed by atoms with Crippen LogP contribution in [0.5, 0.6) is 5.75 Å². The van der Waals surface area contributed by atoms with Gasteiger partial charge in [-0.3, -0.25) is 4.57 Å². The van der Waals surface area contributed by atoms with Crippen molar-refractivity contribution in [2.45, 2.75) is 37.8 Å². The average Bonchev–Trinajstić information content (AvgIpc) is 3.24. The smallest absolute Gasteiger partial charge is 0.346 e. The molecule has 0 aliphatic carbocycles. The van der Waals surface area contributed by atoms with E-state index in [1.165, 1.54) is 0 Å².